The van der Waals surface area contributed by atoms with Crippen molar-refractivity contribution >= 4 is 33.5 Å². The van der Waals surface area contributed by atoms with Crippen molar-refractivity contribution in [2.45, 2.75) is 32.5 Å². The van der Waals surface area contributed by atoms with Gasteiger partial charge in [-0.2, -0.15) is 0 Å². The number of carboxylic acid groups (broad SMARTS) is 1. The number of fused-ring (bicyclic) bond motifs is 4. The lowest BCUT2D eigenvalue weighted by atomic mass is 9.82. The Labute approximate surface area is 207 Å². The largest absolute Gasteiger partial charge is 0.478 e. The zero-order valence-corrected chi connectivity index (χ0v) is 20.0. The molecule has 180 valence electrons. The summed E-state index contributed by atoms with van der Waals surface area (Å²) in [6, 6.07) is 16.3. The number of benzene rings is 3. The number of anilines is 1. The molecule has 1 aliphatic carbocycles. The molecular formula is C30H26N2O4. The molecule has 6 heteroatoms. The quantitative estimate of drug-likeness (QED) is 0.277. The van der Waals surface area contributed by atoms with Crippen LogP contribution in [0.1, 0.15) is 40.1 Å². The van der Waals surface area contributed by atoms with Crippen LogP contribution in [0, 0.1) is 12.8 Å². The van der Waals surface area contributed by atoms with Gasteiger partial charge in [0.15, 0.2) is 5.43 Å². The van der Waals surface area contributed by atoms with Crippen molar-refractivity contribution in [3.63, 3.8) is 0 Å². The fourth-order valence-corrected chi connectivity index (χ4v) is 5.46. The van der Waals surface area contributed by atoms with E-state index in [-0.39, 0.29) is 23.0 Å². The minimum Gasteiger partial charge on any atom is -0.478 e. The van der Waals surface area contributed by atoms with Crippen LogP contribution >= 0.6 is 0 Å². The van der Waals surface area contributed by atoms with Crippen LogP contribution in [-0.4, -0.2) is 27.2 Å². The number of carbonyl (C=O) groups is 1. The van der Waals surface area contributed by atoms with Crippen molar-refractivity contribution in [1.82, 2.24) is 4.98 Å². The number of hydrogen-bond acceptors (Lipinski definition) is 4. The number of aromatic carboxylic acids is 1. The first-order chi connectivity index (χ1) is 17.3. The molecule has 3 atom stereocenters. The van der Waals surface area contributed by atoms with Crippen LogP contribution in [0.25, 0.3) is 21.8 Å². The van der Waals surface area contributed by atoms with Gasteiger partial charge in [-0.05, 0) is 60.4 Å². The highest BCUT2D eigenvalue weighted by Crippen LogP contribution is 2.45. The Bertz CT molecular complexity index is 1660. The average Bonchev–Trinajstić information content (AvgIpc) is 2.87. The van der Waals surface area contributed by atoms with Crippen molar-refractivity contribution < 1.29 is 15.0 Å². The van der Waals surface area contributed by atoms with Crippen molar-refractivity contribution in [3.8, 4) is 0 Å². The summed E-state index contributed by atoms with van der Waals surface area (Å²) in [7, 11) is 0. The maximum Gasteiger partial charge on any atom is 0.335 e. The standard InChI is InChI=1S/C30H26N2O4/c1-16-3-9-24-20(11-16)28(33)21-14-27-23(13-25(21)31-24)29(34)22-12-17(2)4-10-26(22)32(27)15-18-5-7-19(8-6-18)30(35)36/h3-14,17,26,29,34H,15H2,1-2H3,(H,31,33)(H,35,36). The van der Waals surface area contributed by atoms with Crippen LogP contribution in [-0.2, 0) is 6.54 Å². The zero-order chi connectivity index (χ0) is 25.1. The molecular weight excluding hydrogens is 452 g/mol. The molecule has 0 saturated carbocycles. The minimum atomic E-state index is -0.962. The number of nitrogens with zero attached hydrogens (tertiary/aromatic N) is 1. The maximum atomic E-state index is 13.5. The third kappa shape index (κ3) is 3.53. The number of nitrogens with one attached hydrogen (secondary N) is 1. The van der Waals surface area contributed by atoms with Crippen LogP contribution < -0.4 is 10.3 Å². The Kier molecular flexibility index (Phi) is 5.09. The summed E-state index contributed by atoms with van der Waals surface area (Å²) >= 11 is 0. The second kappa shape index (κ2) is 8.21. The fraction of sp³-hybridized carbons (Fsp3) is 0.200. The number of rotatable bonds is 3. The van der Waals surface area contributed by atoms with Gasteiger partial charge in [-0.25, -0.2) is 4.79 Å². The molecule has 2 heterocycles. The van der Waals surface area contributed by atoms with Gasteiger partial charge in [0, 0.05) is 34.1 Å². The van der Waals surface area contributed by atoms with Crippen molar-refractivity contribution in [2.75, 3.05) is 4.90 Å². The highest BCUT2D eigenvalue weighted by Gasteiger charge is 2.36. The molecule has 0 radical (unpaired) electrons. The molecule has 1 aromatic heterocycles. The van der Waals surface area contributed by atoms with E-state index in [4.69, 9.17) is 0 Å². The van der Waals surface area contributed by atoms with E-state index in [1.54, 1.807) is 12.1 Å². The molecule has 0 bridgehead atoms. The molecule has 2 aliphatic rings. The van der Waals surface area contributed by atoms with Gasteiger partial charge < -0.3 is 20.1 Å². The van der Waals surface area contributed by atoms with E-state index in [9.17, 15) is 19.8 Å². The monoisotopic (exact) mass is 478 g/mol. The molecule has 6 nitrogen and oxygen atoms in total. The van der Waals surface area contributed by atoms with Gasteiger partial charge >= 0.3 is 5.97 Å². The Morgan fingerprint density at radius 2 is 1.75 bits per heavy atom. The third-order valence-electron chi connectivity index (χ3n) is 7.30. The molecule has 0 saturated heterocycles. The predicted octanol–water partition coefficient (Wildman–Crippen LogP) is 5.24. The molecule has 1 aliphatic heterocycles. The van der Waals surface area contributed by atoms with Gasteiger partial charge in [-0.3, -0.25) is 4.79 Å². The number of aromatic nitrogens is 1. The van der Waals surface area contributed by atoms with E-state index in [2.05, 4.69) is 35.0 Å². The van der Waals surface area contributed by atoms with E-state index in [0.717, 1.165) is 33.5 Å². The molecule has 4 aromatic rings. The number of aromatic amines is 1. The lowest BCUT2D eigenvalue weighted by molar-refractivity contribution is 0.0697. The van der Waals surface area contributed by atoms with Gasteiger partial charge in [-0.15, -0.1) is 0 Å². The van der Waals surface area contributed by atoms with E-state index in [1.165, 1.54) is 0 Å². The number of aliphatic hydroxyl groups is 1. The second-order valence-electron chi connectivity index (χ2n) is 9.85. The molecule has 3 aromatic carbocycles. The van der Waals surface area contributed by atoms with E-state index >= 15 is 0 Å². The Hall–Kier alpha value is -4.16. The van der Waals surface area contributed by atoms with Crippen molar-refractivity contribution in [2.24, 2.45) is 5.92 Å². The second-order valence-corrected chi connectivity index (χ2v) is 9.85. The highest BCUT2D eigenvalue weighted by molar-refractivity contribution is 5.95. The number of H-pyrrole nitrogens is 1. The first-order valence-corrected chi connectivity index (χ1v) is 12.1. The topological polar surface area (TPSA) is 93.6 Å². The normalized spacial score (nSPS) is 20.8. The molecule has 0 fully saturated rings. The van der Waals surface area contributed by atoms with Gasteiger partial charge in [0.1, 0.15) is 6.10 Å². The summed E-state index contributed by atoms with van der Waals surface area (Å²) in [4.78, 5) is 30.4. The summed E-state index contributed by atoms with van der Waals surface area (Å²) in [6.45, 7) is 4.55. The Morgan fingerprint density at radius 1 is 1.00 bits per heavy atom. The number of pyridine rings is 1. The first kappa shape index (κ1) is 22.3. The number of aryl methyl sites for hydroxylation is 1. The lowest BCUT2D eigenvalue weighted by Crippen LogP contribution is -2.42. The van der Waals surface area contributed by atoms with Crippen LogP contribution in [0.15, 0.2) is 83.2 Å². The molecule has 3 unspecified atom stereocenters. The molecule has 3 N–H and O–H groups in total. The summed E-state index contributed by atoms with van der Waals surface area (Å²) in [6.07, 6.45) is 5.55. The van der Waals surface area contributed by atoms with E-state index < -0.39 is 12.1 Å². The molecule has 0 amide bonds. The van der Waals surface area contributed by atoms with E-state index in [1.807, 2.05) is 49.4 Å². The van der Waals surface area contributed by atoms with Gasteiger partial charge in [-0.1, -0.05) is 48.9 Å². The first-order valence-electron chi connectivity index (χ1n) is 12.1. The van der Waals surface area contributed by atoms with Gasteiger partial charge in [0.2, 0.25) is 0 Å². The summed E-state index contributed by atoms with van der Waals surface area (Å²) < 4.78 is 0. The highest BCUT2D eigenvalue weighted by atomic mass is 16.4. The number of aliphatic hydroxyl groups excluding tert-OH is 1. The zero-order valence-electron chi connectivity index (χ0n) is 20.0. The average molecular weight is 479 g/mol. The molecule has 0 spiro atoms. The van der Waals surface area contributed by atoms with Crippen LogP contribution in [0.4, 0.5) is 5.69 Å². The summed E-state index contributed by atoms with van der Waals surface area (Å²) in [5.41, 5.74) is 6.08. The molecule has 6 rings (SSSR count). The smallest absolute Gasteiger partial charge is 0.335 e. The number of carboxylic acids is 1. The minimum absolute atomic E-state index is 0.0420. The van der Waals surface area contributed by atoms with Gasteiger partial charge in [0.05, 0.1) is 17.1 Å². The summed E-state index contributed by atoms with van der Waals surface area (Å²) in [5.74, 6) is -0.757. The maximum absolute atomic E-state index is 13.5. The molecule has 36 heavy (non-hydrogen) atoms. The Balaban J connectivity index is 1.56. The number of hydrogen-bond donors (Lipinski definition) is 3. The van der Waals surface area contributed by atoms with Crippen LogP contribution in [0.5, 0.6) is 0 Å². The van der Waals surface area contributed by atoms with Crippen molar-refractivity contribution in [3.05, 3.63) is 111 Å². The Morgan fingerprint density at radius 3 is 2.50 bits per heavy atom. The lowest BCUT2D eigenvalue weighted by Gasteiger charge is -2.43. The third-order valence-corrected chi connectivity index (χ3v) is 7.30. The predicted molar refractivity (Wildman–Crippen MR) is 142 cm³/mol. The SMILES string of the molecule is Cc1ccc2[nH]c3cc4c(cc3c(=O)c2c1)N(Cc1ccc(C(=O)O)cc1)C1C=CC(C)C=C1C4O. The fourth-order valence-electron chi connectivity index (χ4n) is 5.46. The van der Waals surface area contributed by atoms with Crippen molar-refractivity contribution in [1.29, 1.82) is 0 Å². The van der Waals surface area contributed by atoms with E-state index in [0.29, 0.717) is 22.8 Å². The van der Waals surface area contributed by atoms with Gasteiger partial charge in [0.25, 0.3) is 0 Å². The van der Waals surface area contributed by atoms with Crippen LogP contribution in [0.3, 0.4) is 0 Å². The van der Waals surface area contributed by atoms with Crippen LogP contribution in [0.2, 0.25) is 0 Å². The number of allylic oxidation sites excluding steroid dienone is 2. The summed E-state index contributed by atoms with van der Waals surface area (Å²) in [5, 5.41) is 21.9.